The number of carboxylic acid groups (broad SMARTS) is 1. The molecule has 0 aromatic rings. The summed E-state index contributed by atoms with van der Waals surface area (Å²) in [5, 5.41) is 11.7. The smallest absolute Gasteiger partial charge is 0.317 e. The number of aliphatic carboxylic acids is 1. The van der Waals surface area contributed by atoms with Gasteiger partial charge in [-0.2, -0.15) is 0 Å². The number of hydrogen-bond acceptors (Lipinski definition) is 2. The standard InChI is InChI=1S/C16H30N2O3/c1-4-14(8-9-15(19)20)10-11-17-16(21)18-12(2)6-5-7-13(18)3/h12-14H,4-11H2,1-3H3,(H,17,21)(H,19,20)/t12-,13+,14?. The number of hydrogen-bond donors (Lipinski definition) is 2. The third-order valence-electron chi connectivity index (χ3n) is 4.60. The van der Waals surface area contributed by atoms with Crippen LogP contribution >= 0.6 is 0 Å². The van der Waals surface area contributed by atoms with E-state index in [0.717, 1.165) is 25.7 Å². The Hall–Kier alpha value is -1.26. The largest absolute Gasteiger partial charge is 0.481 e. The van der Waals surface area contributed by atoms with Crippen LogP contribution in [0.25, 0.3) is 0 Å². The first-order chi connectivity index (χ1) is 9.95. The Morgan fingerprint density at radius 2 is 1.86 bits per heavy atom. The van der Waals surface area contributed by atoms with E-state index in [9.17, 15) is 9.59 Å². The van der Waals surface area contributed by atoms with Crippen LogP contribution in [-0.4, -0.2) is 40.6 Å². The molecule has 1 heterocycles. The van der Waals surface area contributed by atoms with Crippen LogP contribution in [0.15, 0.2) is 0 Å². The van der Waals surface area contributed by atoms with E-state index in [0.29, 0.717) is 31.0 Å². The van der Waals surface area contributed by atoms with Crippen LogP contribution in [0.2, 0.25) is 0 Å². The minimum Gasteiger partial charge on any atom is -0.481 e. The van der Waals surface area contributed by atoms with Crippen LogP contribution in [0.1, 0.15) is 65.7 Å². The highest BCUT2D eigenvalue weighted by atomic mass is 16.4. The Bertz CT molecular complexity index is 336. The number of nitrogens with one attached hydrogen (secondary N) is 1. The van der Waals surface area contributed by atoms with Gasteiger partial charge in [-0.3, -0.25) is 4.79 Å². The average Bonchev–Trinajstić information content (AvgIpc) is 2.42. The maximum Gasteiger partial charge on any atom is 0.317 e. The zero-order valence-corrected chi connectivity index (χ0v) is 13.6. The third-order valence-corrected chi connectivity index (χ3v) is 4.60. The summed E-state index contributed by atoms with van der Waals surface area (Å²) in [6, 6.07) is 0.647. The lowest BCUT2D eigenvalue weighted by Crippen LogP contribution is -2.52. The lowest BCUT2D eigenvalue weighted by Gasteiger charge is -2.39. The van der Waals surface area contributed by atoms with E-state index in [4.69, 9.17) is 5.11 Å². The molecule has 1 unspecified atom stereocenters. The van der Waals surface area contributed by atoms with E-state index < -0.39 is 5.97 Å². The summed E-state index contributed by atoms with van der Waals surface area (Å²) in [7, 11) is 0. The first-order valence-corrected chi connectivity index (χ1v) is 8.23. The van der Waals surface area contributed by atoms with E-state index in [2.05, 4.69) is 26.1 Å². The summed E-state index contributed by atoms with van der Waals surface area (Å²) >= 11 is 0. The molecule has 1 rings (SSSR count). The molecule has 0 radical (unpaired) electrons. The van der Waals surface area contributed by atoms with Gasteiger partial charge in [0, 0.05) is 25.0 Å². The average molecular weight is 298 g/mol. The van der Waals surface area contributed by atoms with Gasteiger partial charge in [0.05, 0.1) is 0 Å². The number of likely N-dealkylation sites (tertiary alicyclic amines) is 1. The van der Waals surface area contributed by atoms with Crippen molar-refractivity contribution in [2.24, 2.45) is 5.92 Å². The monoisotopic (exact) mass is 298 g/mol. The van der Waals surface area contributed by atoms with E-state index in [1.54, 1.807) is 0 Å². The number of urea groups is 1. The molecule has 2 amide bonds. The number of carbonyl (C=O) groups excluding carboxylic acids is 1. The topological polar surface area (TPSA) is 69.6 Å². The Morgan fingerprint density at radius 3 is 2.38 bits per heavy atom. The van der Waals surface area contributed by atoms with Gasteiger partial charge in [-0.05, 0) is 51.9 Å². The maximum atomic E-state index is 12.3. The van der Waals surface area contributed by atoms with Gasteiger partial charge in [0.2, 0.25) is 0 Å². The fourth-order valence-corrected chi connectivity index (χ4v) is 3.18. The minimum atomic E-state index is -0.742. The lowest BCUT2D eigenvalue weighted by molar-refractivity contribution is -0.137. The Balaban J connectivity index is 2.32. The molecule has 21 heavy (non-hydrogen) atoms. The molecule has 1 aliphatic heterocycles. The summed E-state index contributed by atoms with van der Waals surface area (Å²) in [6.07, 6.45) is 6.07. The Kier molecular flexibility index (Phi) is 7.54. The Labute approximate surface area is 128 Å². The van der Waals surface area contributed by atoms with Crippen molar-refractivity contribution < 1.29 is 14.7 Å². The van der Waals surface area contributed by atoms with Crippen LogP contribution in [0.5, 0.6) is 0 Å². The van der Waals surface area contributed by atoms with E-state index in [1.807, 2.05) is 4.90 Å². The van der Waals surface area contributed by atoms with Crippen molar-refractivity contribution in [1.82, 2.24) is 10.2 Å². The molecule has 3 atom stereocenters. The van der Waals surface area contributed by atoms with Crippen molar-refractivity contribution in [2.45, 2.75) is 77.8 Å². The maximum absolute atomic E-state index is 12.3. The molecule has 2 N–H and O–H groups in total. The first kappa shape index (κ1) is 17.8. The summed E-state index contributed by atoms with van der Waals surface area (Å²) in [4.78, 5) is 24.8. The van der Waals surface area contributed by atoms with Crippen molar-refractivity contribution in [3.63, 3.8) is 0 Å². The van der Waals surface area contributed by atoms with E-state index in [1.165, 1.54) is 6.42 Å². The van der Waals surface area contributed by atoms with Gasteiger partial charge in [0.1, 0.15) is 0 Å². The van der Waals surface area contributed by atoms with Gasteiger partial charge in [-0.25, -0.2) is 4.79 Å². The molecular formula is C16H30N2O3. The van der Waals surface area contributed by atoms with Crippen molar-refractivity contribution >= 4 is 12.0 Å². The van der Waals surface area contributed by atoms with Gasteiger partial charge < -0.3 is 15.3 Å². The number of rotatable bonds is 7. The molecule has 1 aliphatic rings. The van der Waals surface area contributed by atoms with Gasteiger partial charge in [-0.1, -0.05) is 13.3 Å². The summed E-state index contributed by atoms with van der Waals surface area (Å²) < 4.78 is 0. The van der Waals surface area contributed by atoms with Crippen molar-refractivity contribution in [3.05, 3.63) is 0 Å². The Morgan fingerprint density at radius 1 is 1.24 bits per heavy atom. The second kappa shape index (κ2) is 8.90. The van der Waals surface area contributed by atoms with Gasteiger partial charge >= 0.3 is 12.0 Å². The molecule has 1 fully saturated rings. The molecule has 0 bridgehead atoms. The fraction of sp³-hybridized carbons (Fsp3) is 0.875. The molecule has 0 saturated carbocycles. The third kappa shape index (κ3) is 5.94. The molecule has 122 valence electrons. The highest BCUT2D eigenvalue weighted by Crippen LogP contribution is 2.22. The fourth-order valence-electron chi connectivity index (χ4n) is 3.18. The SMILES string of the molecule is CCC(CCNC(=O)N1[C@H](C)CCC[C@@H]1C)CCC(=O)O. The number of amides is 2. The van der Waals surface area contributed by atoms with E-state index >= 15 is 0 Å². The number of carboxylic acids is 1. The van der Waals surface area contributed by atoms with E-state index in [-0.39, 0.29) is 12.5 Å². The highest BCUT2D eigenvalue weighted by molar-refractivity contribution is 5.75. The molecule has 5 nitrogen and oxygen atoms in total. The molecule has 0 aliphatic carbocycles. The predicted octanol–water partition coefficient (Wildman–Crippen LogP) is 3.24. The molecule has 1 saturated heterocycles. The molecular weight excluding hydrogens is 268 g/mol. The second-order valence-corrected chi connectivity index (χ2v) is 6.26. The highest BCUT2D eigenvalue weighted by Gasteiger charge is 2.28. The van der Waals surface area contributed by atoms with Gasteiger partial charge in [0.25, 0.3) is 0 Å². The molecule has 0 spiro atoms. The number of nitrogens with zero attached hydrogens (tertiary/aromatic N) is 1. The second-order valence-electron chi connectivity index (χ2n) is 6.26. The molecule has 0 aromatic heterocycles. The van der Waals surface area contributed by atoms with Gasteiger partial charge in [0.15, 0.2) is 0 Å². The number of carbonyl (C=O) groups is 2. The van der Waals surface area contributed by atoms with Crippen LogP contribution < -0.4 is 5.32 Å². The normalized spacial score (nSPS) is 23.7. The summed E-state index contributed by atoms with van der Waals surface area (Å²) in [5.41, 5.74) is 0. The quantitative estimate of drug-likeness (QED) is 0.758. The summed E-state index contributed by atoms with van der Waals surface area (Å²) in [5.74, 6) is -0.369. The first-order valence-electron chi connectivity index (χ1n) is 8.23. The van der Waals surface area contributed by atoms with Crippen LogP contribution in [0.4, 0.5) is 4.79 Å². The van der Waals surface area contributed by atoms with Crippen LogP contribution in [-0.2, 0) is 4.79 Å². The van der Waals surface area contributed by atoms with Crippen molar-refractivity contribution in [1.29, 1.82) is 0 Å². The van der Waals surface area contributed by atoms with Crippen molar-refractivity contribution in [2.75, 3.05) is 6.54 Å². The summed E-state index contributed by atoms with van der Waals surface area (Å²) in [6.45, 7) is 6.92. The molecule has 0 aromatic carbocycles. The zero-order valence-electron chi connectivity index (χ0n) is 13.6. The zero-order chi connectivity index (χ0) is 15.8. The number of piperidine rings is 1. The minimum absolute atomic E-state index is 0.0304. The van der Waals surface area contributed by atoms with Crippen LogP contribution in [0.3, 0.4) is 0 Å². The lowest BCUT2D eigenvalue weighted by atomic mass is 9.96. The van der Waals surface area contributed by atoms with Gasteiger partial charge in [-0.15, -0.1) is 0 Å². The van der Waals surface area contributed by atoms with Crippen LogP contribution in [0, 0.1) is 5.92 Å². The predicted molar refractivity (Wildman–Crippen MR) is 83.3 cm³/mol. The molecule has 5 heteroatoms. The van der Waals surface area contributed by atoms with Crippen molar-refractivity contribution in [3.8, 4) is 0 Å².